The number of piperazine rings is 1. The minimum absolute atomic E-state index is 0.00813. The lowest BCUT2D eigenvalue weighted by molar-refractivity contribution is -0.148. The van der Waals surface area contributed by atoms with Gasteiger partial charge in [-0.05, 0) is 26.7 Å². The zero-order valence-corrected chi connectivity index (χ0v) is 14.3. The molecule has 1 N–H and O–H groups in total. The Labute approximate surface area is 138 Å². The standard InChI is InChI=1S/C16H29N3O4/c1-3-22-9-10-23-13(2)16(21)18-7-4-5-14(12-18)19-8-6-17-11-15(19)20/h13-14,17H,3-12H2,1-2H3. The lowest BCUT2D eigenvalue weighted by atomic mass is 10.0. The Hall–Kier alpha value is -1.18. The number of nitrogens with zero attached hydrogens (tertiary/aromatic N) is 2. The highest BCUT2D eigenvalue weighted by molar-refractivity contribution is 5.81. The molecule has 2 aliphatic heterocycles. The zero-order chi connectivity index (χ0) is 16.7. The van der Waals surface area contributed by atoms with Crippen LogP contribution in [0.25, 0.3) is 0 Å². The van der Waals surface area contributed by atoms with Crippen molar-refractivity contribution >= 4 is 11.8 Å². The molecule has 2 atom stereocenters. The average molecular weight is 327 g/mol. The SMILES string of the molecule is CCOCCOC(C)C(=O)N1CCCC(N2CCNCC2=O)C1. The van der Waals surface area contributed by atoms with Gasteiger partial charge in [0.05, 0.1) is 19.8 Å². The van der Waals surface area contributed by atoms with Gasteiger partial charge in [-0.15, -0.1) is 0 Å². The van der Waals surface area contributed by atoms with Gasteiger partial charge in [0.15, 0.2) is 0 Å². The molecule has 0 bridgehead atoms. The minimum atomic E-state index is -0.465. The van der Waals surface area contributed by atoms with Crippen molar-refractivity contribution in [3.63, 3.8) is 0 Å². The second-order valence-electron chi connectivity index (χ2n) is 6.05. The van der Waals surface area contributed by atoms with Crippen LogP contribution < -0.4 is 5.32 Å². The Kier molecular flexibility index (Phi) is 7.26. The summed E-state index contributed by atoms with van der Waals surface area (Å²) in [6.45, 7) is 8.62. The molecule has 2 fully saturated rings. The van der Waals surface area contributed by atoms with Gasteiger partial charge in [-0.3, -0.25) is 9.59 Å². The summed E-state index contributed by atoms with van der Waals surface area (Å²) in [5.74, 6) is 0.144. The van der Waals surface area contributed by atoms with E-state index < -0.39 is 6.10 Å². The second-order valence-corrected chi connectivity index (χ2v) is 6.05. The zero-order valence-electron chi connectivity index (χ0n) is 14.3. The van der Waals surface area contributed by atoms with Crippen LogP contribution in [0.4, 0.5) is 0 Å². The van der Waals surface area contributed by atoms with Crippen molar-refractivity contribution in [2.24, 2.45) is 0 Å². The Morgan fingerprint density at radius 1 is 1.39 bits per heavy atom. The number of carbonyl (C=O) groups excluding carboxylic acids is 2. The summed E-state index contributed by atoms with van der Waals surface area (Å²) < 4.78 is 10.8. The topological polar surface area (TPSA) is 71.1 Å². The third-order valence-corrected chi connectivity index (χ3v) is 4.42. The maximum absolute atomic E-state index is 12.5. The fraction of sp³-hybridized carbons (Fsp3) is 0.875. The van der Waals surface area contributed by atoms with E-state index in [1.807, 2.05) is 16.7 Å². The van der Waals surface area contributed by atoms with Gasteiger partial charge < -0.3 is 24.6 Å². The van der Waals surface area contributed by atoms with Crippen LogP contribution >= 0.6 is 0 Å². The van der Waals surface area contributed by atoms with Crippen LogP contribution in [0.2, 0.25) is 0 Å². The summed E-state index contributed by atoms with van der Waals surface area (Å²) in [7, 11) is 0. The Bertz CT molecular complexity index is 405. The quantitative estimate of drug-likeness (QED) is 0.659. The summed E-state index contributed by atoms with van der Waals surface area (Å²) in [5.41, 5.74) is 0. The van der Waals surface area contributed by atoms with E-state index in [-0.39, 0.29) is 17.9 Å². The number of carbonyl (C=O) groups is 2. The predicted octanol–water partition coefficient (Wildman–Crippen LogP) is -0.149. The van der Waals surface area contributed by atoms with Gasteiger partial charge in [0, 0.05) is 38.8 Å². The van der Waals surface area contributed by atoms with Crippen molar-refractivity contribution in [3.8, 4) is 0 Å². The molecule has 2 aliphatic rings. The largest absolute Gasteiger partial charge is 0.379 e. The van der Waals surface area contributed by atoms with E-state index >= 15 is 0 Å². The highest BCUT2D eigenvalue weighted by atomic mass is 16.5. The van der Waals surface area contributed by atoms with E-state index in [4.69, 9.17) is 9.47 Å². The van der Waals surface area contributed by atoms with Gasteiger partial charge in [0.25, 0.3) is 5.91 Å². The first-order valence-corrected chi connectivity index (χ1v) is 8.61. The van der Waals surface area contributed by atoms with Crippen molar-refractivity contribution in [1.82, 2.24) is 15.1 Å². The summed E-state index contributed by atoms with van der Waals surface area (Å²) in [5, 5.41) is 3.09. The summed E-state index contributed by atoms with van der Waals surface area (Å²) >= 11 is 0. The van der Waals surface area contributed by atoms with E-state index in [9.17, 15) is 9.59 Å². The third kappa shape index (κ3) is 5.16. The molecule has 0 aromatic rings. The van der Waals surface area contributed by atoms with Crippen molar-refractivity contribution < 1.29 is 19.1 Å². The molecule has 7 nitrogen and oxygen atoms in total. The molecule has 0 aromatic heterocycles. The number of hydrogen-bond donors (Lipinski definition) is 1. The molecule has 23 heavy (non-hydrogen) atoms. The lowest BCUT2D eigenvalue weighted by Gasteiger charge is -2.41. The Balaban J connectivity index is 1.82. The highest BCUT2D eigenvalue weighted by Gasteiger charge is 2.33. The first-order chi connectivity index (χ1) is 11.1. The third-order valence-electron chi connectivity index (χ3n) is 4.42. The monoisotopic (exact) mass is 327 g/mol. The number of likely N-dealkylation sites (tertiary alicyclic amines) is 1. The van der Waals surface area contributed by atoms with Crippen molar-refractivity contribution in [2.75, 3.05) is 52.5 Å². The van der Waals surface area contributed by atoms with Gasteiger partial charge in [-0.1, -0.05) is 0 Å². The number of nitrogens with one attached hydrogen (secondary N) is 1. The normalized spacial score (nSPS) is 23.9. The maximum Gasteiger partial charge on any atom is 0.251 e. The van der Waals surface area contributed by atoms with Crippen molar-refractivity contribution in [1.29, 1.82) is 0 Å². The van der Waals surface area contributed by atoms with Crippen LogP contribution in [0.15, 0.2) is 0 Å². The number of hydrogen-bond acceptors (Lipinski definition) is 5. The number of ether oxygens (including phenoxy) is 2. The number of piperidine rings is 1. The van der Waals surface area contributed by atoms with Gasteiger partial charge >= 0.3 is 0 Å². The van der Waals surface area contributed by atoms with Gasteiger partial charge in [0.1, 0.15) is 6.10 Å². The van der Waals surface area contributed by atoms with E-state index in [1.54, 1.807) is 6.92 Å². The molecular weight excluding hydrogens is 298 g/mol. The smallest absolute Gasteiger partial charge is 0.251 e. The van der Waals surface area contributed by atoms with E-state index in [1.165, 1.54) is 0 Å². The van der Waals surface area contributed by atoms with Crippen LogP contribution in [0.3, 0.4) is 0 Å². The molecule has 2 amide bonds. The van der Waals surface area contributed by atoms with Gasteiger partial charge in [0.2, 0.25) is 5.91 Å². The fourth-order valence-corrected chi connectivity index (χ4v) is 3.17. The Morgan fingerprint density at radius 2 is 2.22 bits per heavy atom. The first kappa shape index (κ1) is 18.2. The van der Waals surface area contributed by atoms with Crippen molar-refractivity contribution in [2.45, 2.75) is 38.8 Å². The van der Waals surface area contributed by atoms with E-state index in [0.29, 0.717) is 32.9 Å². The molecule has 2 rings (SSSR count). The van der Waals surface area contributed by atoms with E-state index in [2.05, 4.69) is 5.32 Å². The fourth-order valence-electron chi connectivity index (χ4n) is 3.17. The summed E-state index contributed by atoms with van der Waals surface area (Å²) in [6.07, 6.45) is 1.43. The second kappa shape index (κ2) is 9.20. The summed E-state index contributed by atoms with van der Waals surface area (Å²) in [4.78, 5) is 28.3. The van der Waals surface area contributed by atoms with E-state index in [0.717, 1.165) is 32.5 Å². The molecule has 132 valence electrons. The van der Waals surface area contributed by atoms with Crippen LogP contribution in [-0.4, -0.2) is 86.3 Å². The predicted molar refractivity (Wildman–Crippen MR) is 86.1 cm³/mol. The molecule has 2 unspecified atom stereocenters. The summed E-state index contributed by atoms with van der Waals surface area (Å²) in [6, 6.07) is 0.137. The van der Waals surface area contributed by atoms with Gasteiger partial charge in [-0.25, -0.2) is 0 Å². The maximum atomic E-state index is 12.5. The minimum Gasteiger partial charge on any atom is -0.379 e. The molecular formula is C16H29N3O4. The van der Waals surface area contributed by atoms with Gasteiger partial charge in [-0.2, -0.15) is 0 Å². The molecule has 0 aromatic carbocycles. The molecule has 0 aliphatic carbocycles. The average Bonchev–Trinajstić information content (AvgIpc) is 2.58. The van der Waals surface area contributed by atoms with Crippen LogP contribution in [0.5, 0.6) is 0 Å². The number of amides is 2. The van der Waals surface area contributed by atoms with Crippen molar-refractivity contribution in [3.05, 3.63) is 0 Å². The van der Waals surface area contributed by atoms with Crippen LogP contribution in [0, 0.1) is 0 Å². The number of rotatable bonds is 7. The molecule has 2 saturated heterocycles. The Morgan fingerprint density at radius 3 is 2.96 bits per heavy atom. The van der Waals surface area contributed by atoms with Crippen LogP contribution in [0.1, 0.15) is 26.7 Å². The lowest BCUT2D eigenvalue weighted by Crippen LogP contribution is -2.58. The highest BCUT2D eigenvalue weighted by Crippen LogP contribution is 2.18. The molecule has 0 saturated carbocycles. The molecule has 0 radical (unpaired) electrons. The van der Waals surface area contributed by atoms with Crippen LogP contribution in [-0.2, 0) is 19.1 Å². The molecule has 7 heteroatoms. The molecule has 2 heterocycles. The molecule has 0 spiro atoms. The first-order valence-electron chi connectivity index (χ1n) is 8.61.